The first kappa shape index (κ1) is 45.6. The molecule has 3 saturated heterocycles. The molecule has 0 radical (unpaired) electrons. The molecule has 53 heavy (non-hydrogen) atoms. The van der Waals surface area contributed by atoms with Crippen LogP contribution in [-0.2, 0) is 47.5 Å². The lowest BCUT2D eigenvalue weighted by Crippen LogP contribution is -2.61. The van der Waals surface area contributed by atoms with Crippen LogP contribution < -0.4 is 0 Å². The highest BCUT2D eigenvalue weighted by molar-refractivity contribution is 5.83. The largest absolute Gasteiger partial charge is 0.462 e. The molecule has 0 aromatic heterocycles. The summed E-state index contributed by atoms with van der Waals surface area (Å²) in [7, 11) is 5.23. The van der Waals surface area contributed by atoms with Gasteiger partial charge in [-0.3, -0.25) is 14.4 Å². The van der Waals surface area contributed by atoms with Crippen molar-refractivity contribution in [3.63, 3.8) is 0 Å². The molecule has 3 aliphatic heterocycles. The third-order valence-corrected chi connectivity index (χ3v) is 12.0. The van der Waals surface area contributed by atoms with Crippen LogP contribution in [0, 0.1) is 29.6 Å². The van der Waals surface area contributed by atoms with Crippen molar-refractivity contribution in [1.82, 2.24) is 4.90 Å². The lowest BCUT2D eigenvalue weighted by molar-refractivity contribution is -0.318. The van der Waals surface area contributed by atoms with Gasteiger partial charge in [0, 0.05) is 50.2 Å². The Morgan fingerprint density at radius 2 is 1.53 bits per heavy atom. The summed E-state index contributed by atoms with van der Waals surface area (Å²) in [6.07, 6.45) is -7.96. The third kappa shape index (κ3) is 10.6. The van der Waals surface area contributed by atoms with E-state index in [1.165, 1.54) is 14.0 Å². The molecule has 308 valence electrons. The van der Waals surface area contributed by atoms with Gasteiger partial charge in [-0.15, -0.1) is 0 Å². The van der Waals surface area contributed by atoms with Gasteiger partial charge in [0.05, 0.1) is 42.0 Å². The van der Waals surface area contributed by atoms with Crippen molar-refractivity contribution in [2.24, 2.45) is 29.6 Å². The van der Waals surface area contributed by atoms with Gasteiger partial charge in [0.2, 0.25) is 0 Å². The van der Waals surface area contributed by atoms with E-state index in [9.17, 15) is 29.7 Å². The van der Waals surface area contributed by atoms with Gasteiger partial charge in [0.25, 0.3) is 0 Å². The molecule has 3 rings (SSSR count). The summed E-state index contributed by atoms with van der Waals surface area (Å²) in [4.78, 5) is 41.9. The number of Topliss-reactive ketones (excluding diaryl/α,β-unsaturated/α-hetero) is 1. The number of carbonyl (C=O) groups excluding carboxylic acids is 3. The lowest BCUT2D eigenvalue weighted by Gasteiger charge is -2.49. The molecule has 3 heterocycles. The number of cyclic esters (lactones) is 1. The molecule has 3 N–H and O–H groups in total. The average Bonchev–Trinajstić information content (AvgIpc) is 3.08. The third-order valence-electron chi connectivity index (χ3n) is 12.0. The van der Waals surface area contributed by atoms with Crippen LogP contribution in [0.3, 0.4) is 0 Å². The van der Waals surface area contributed by atoms with Crippen LogP contribution in [0.15, 0.2) is 0 Å². The topological polar surface area (TPSA) is 180 Å². The van der Waals surface area contributed by atoms with Crippen molar-refractivity contribution < 1.29 is 62.9 Å². The van der Waals surface area contributed by atoms with Crippen LogP contribution in [0.5, 0.6) is 0 Å². The minimum absolute atomic E-state index is 0.0622. The number of aliphatic hydroxyl groups is 3. The molecule has 0 amide bonds. The lowest BCUT2D eigenvalue weighted by atomic mass is 9.74. The molecular formula is C39H69NO13. The first-order valence-corrected chi connectivity index (χ1v) is 19.3. The molecule has 0 saturated carbocycles. The van der Waals surface area contributed by atoms with Gasteiger partial charge in [-0.2, -0.15) is 0 Å². The van der Waals surface area contributed by atoms with Gasteiger partial charge in [0.1, 0.15) is 23.6 Å². The highest BCUT2D eigenvalue weighted by Crippen LogP contribution is 2.41. The number of esters is 2. The summed E-state index contributed by atoms with van der Waals surface area (Å²) in [5.74, 6) is -5.21. The highest BCUT2D eigenvalue weighted by Gasteiger charge is 2.53. The molecule has 14 nitrogen and oxygen atoms in total. The Morgan fingerprint density at radius 3 is 2.08 bits per heavy atom. The Bertz CT molecular complexity index is 1230. The van der Waals surface area contributed by atoms with Crippen LogP contribution in [0.25, 0.3) is 0 Å². The molecule has 0 bridgehead atoms. The molecule has 0 aromatic rings. The molecule has 18 unspecified atom stereocenters. The normalized spacial score (nSPS) is 46.8. The Morgan fingerprint density at radius 1 is 0.906 bits per heavy atom. The standard InChI is InChI=1S/C39H69NO13/c1-15-28-21(4)31(43)22(5)30(42)19(2)17-38(10,46)34(53-37-32(44)27(40(12)13)16-20(3)48-37)23(6)33(24(7)36(45)51-28)52-29-18-39(11,47-14)35(25(8)49-29)50-26(9)41/h19-25,27-29,31-35,37,43-44,46H,15-18H2,1-14H3. The minimum Gasteiger partial charge on any atom is -0.462 e. The van der Waals surface area contributed by atoms with Crippen LogP contribution >= 0.6 is 0 Å². The predicted molar refractivity (Wildman–Crippen MR) is 194 cm³/mol. The molecule has 3 aliphatic rings. The summed E-state index contributed by atoms with van der Waals surface area (Å²) >= 11 is 0. The van der Waals surface area contributed by atoms with Crippen LogP contribution in [0.4, 0.5) is 0 Å². The van der Waals surface area contributed by atoms with Crippen molar-refractivity contribution in [3.05, 3.63) is 0 Å². The van der Waals surface area contributed by atoms with E-state index in [1.807, 2.05) is 32.8 Å². The fourth-order valence-electron chi connectivity index (χ4n) is 8.74. The van der Waals surface area contributed by atoms with E-state index < -0.39 is 108 Å². The van der Waals surface area contributed by atoms with Gasteiger partial charge in [-0.25, -0.2) is 0 Å². The second-order valence-electron chi connectivity index (χ2n) is 16.8. The SMILES string of the molecule is CCC1OC(=O)C(C)C(OC2CC(C)(OC)C(OC(C)=O)C(C)O2)C(C)C(OC2OC(C)CC(N(C)C)C2O)C(C)(O)CC(C)C(=O)C(C)C(O)C1C. The van der Waals surface area contributed by atoms with E-state index >= 15 is 0 Å². The molecule has 14 heteroatoms. The maximum absolute atomic E-state index is 14.1. The number of rotatable bonds is 8. The monoisotopic (exact) mass is 759 g/mol. The van der Waals surface area contributed by atoms with Crippen molar-refractivity contribution >= 4 is 17.7 Å². The second-order valence-corrected chi connectivity index (χ2v) is 16.8. The smallest absolute Gasteiger partial charge is 0.311 e. The molecule has 0 aliphatic carbocycles. The maximum atomic E-state index is 14.1. The maximum Gasteiger partial charge on any atom is 0.311 e. The van der Waals surface area contributed by atoms with Crippen LogP contribution in [0.1, 0.15) is 102 Å². The van der Waals surface area contributed by atoms with Crippen LogP contribution in [-0.4, -0.2) is 138 Å². The van der Waals surface area contributed by atoms with Gasteiger partial charge in [-0.05, 0) is 68.0 Å². The second kappa shape index (κ2) is 18.5. The summed E-state index contributed by atoms with van der Waals surface area (Å²) in [6.45, 7) is 18.7. The van der Waals surface area contributed by atoms with Gasteiger partial charge >= 0.3 is 11.9 Å². The number of hydrogen-bond acceptors (Lipinski definition) is 14. The first-order valence-electron chi connectivity index (χ1n) is 19.3. The number of aliphatic hydroxyl groups excluding tert-OH is 2. The molecule has 0 spiro atoms. The number of carbonyl (C=O) groups is 3. The van der Waals surface area contributed by atoms with Crippen molar-refractivity contribution in [2.45, 2.75) is 181 Å². The fourth-order valence-corrected chi connectivity index (χ4v) is 8.74. The zero-order chi connectivity index (χ0) is 40.3. The Kier molecular flexibility index (Phi) is 15.9. The summed E-state index contributed by atoms with van der Waals surface area (Å²) < 4.78 is 43.4. The zero-order valence-electron chi connectivity index (χ0n) is 34.4. The molecular weight excluding hydrogens is 690 g/mol. The number of nitrogens with zero attached hydrogens (tertiary/aromatic N) is 1. The number of ketones is 1. The van der Waals surface area contributed by atoms with E-state index in [-0.39, 0.29) is 30.8 Å². The summed E-state index contributed by atoms with van der Waals surface area (Å²) in [5, 5.41) is 35.3. The molecule has 18 atom stereocenters. The highest BCUT2D eigenvalue weighted by atomic mass is 16.7. The van der Waals surface area contributed by atoms with E-state index in [2.05, 4.69) is 0 Å². The molecule has 3 fully saturated rings. The predicted octanol–water partition coefficient (Wildman–Crippen LogP) is 3.24. The quantitative estimate of drug-likeness (QED) is 0.307. The number of likely N-dealkylation sites (N-methyl/N-ethyl adjacent to an activating group) is 1. The first-order chi connectivity index (χ1) is 24.5. The zero-order valence-corrected chi connectivity index (χ0v) is 34.4. The van der Waals surface area contributed by atoms with E-state index in [4.69, 9.17) is 33.2 Å². The minimum atomic E-state index is -1.74. The number of methoxy groups -OCH3 is 1. The Labute approximate surface area is 316 Å². The van der Waals surface area contributed by atoms with Crippen molar-refractivity contribution in [3.8, 4) is 0 Å². The van der Waals surface area contributed by atoms with Crippen molar-refractivity contribution in [1.29, 1.82) is 0 Å². The van der Waals surface area contributed by atoms with Crippen LogP contribution in [0.2, 0.25) is 0 Å². The van der Waals surface area contributed by atoms with Crippen molar-refractivity contribution in [2.75, 3.05) is 21.2 Å². The summed E-state index contributed by atoms with van der Waals surface area (Å²) in [5.41, 5.74) is -2.77. The number of ether oxygens (including phenoxy) is 7. The van der Waals surface area contributed by atoms with E-state index in [0.29, 0.717) is 12.8 Å². The van der Waals surface area contributed by atoms with Gasteiger partial charge < -0.3 is 53.4 Å². The number of hydrogen-bond donors (Lipinski definition) is 3. The van der Waals surface area contributed by atoms with Gasteiger partial charge in [-0.1, -0.05) is 34.6 Å². The average molecular weight is 760 g/mol. The van der Waals surface area contributed by atoms with E-state index in [1.54, 1.807) is 55.4 Å². The van der Waals surface area contributed by atoms with Gasteiger partial charge in [0.15, 0.2) is 18.7 Å². The van der Waals surface area contributed by atoms with E-state index in [0.717, 1.165) is 0 Å². The summed E-state index contributed by atoms with van der Waals surface area (Å²) in [6, 6.07) is -0.312. The Hall–Kier alpha value is -1.75. The Balaban J connectivity index is 2.16. The fraction of sp³-hybridized carbons (Fsp3) is 0.923. The molecule has 0 aromatic carbocycles.